The summed E-state index contributed by atoms with van der Waals surface area (Å²) in [6.07, 6.45) is 3.59. The van der Waals surface area contributed by atoms with Crippen LogP contribution in [0, 0.1) is 5.92 Å². The number of hydrogen-bond donors (Lipinski definition) is 2. The molecule has 2 rings (SSSR count). The van der Waals surface area contributed by atoms with Crippen molar-refractivity contribution in [2.24, 2.45) is 11.7 Å². The van der Waals surface area contributed by atoms with Crippen LogP contribution in [0.4, 0.5) is 0 Å². The molecule has 1 aromatic carbocycles. The first kappa shape index (κ1) is 15.5. The summed E-state index contributed by atoms with van der Waals surface area (Å²) in [5.74, 6) is 0.339. The Morgan fingerprint density at radius 2 is 2.00 bits per heavy atom. The molecule has 1 saturated carbocycles. The second-order valence-corrected chi connectivity index (χ2v) is 7.40. The largest absolute Gasteiger partial charge is 0.329 e. The molecular weight excluding hydrogens is 296 g/mol. The molecule has 1 aliphatic rings. The number of benzene rings is 1. The summed E-state index contributed by atoms with van der Waals surface area (Å²) in [6.45, 7) is 2.16. The van der Waals surface area contributed by atoms with Gasteiger partial charge < -0.3 is 5.73 Å². The quantitative estimate of drug-likeness (QED) is 0.846. The second kappa shape index (κ2) is 5.85. The molecule has 1 fully saturated rings. The smallest absolute Gasteiger partial charge is 0.234 e. The minimum Gasteiger partial charge on any atom is -0.329 e. The van der Waals surface area contributed by atoms with Crippen LogP contribution in [-0.2, 0) is 10.0 Å². The number of nitrogens with two attached hydrogens (primary N) is 1. The molecule has 1 atom stereocenters. The highest BCUT2D eigenvalue weighted by Crippen LogP contribution is 2.39. The summed E-state index contributed by atoms with van der Waals surface area (Å²) in [5.41, 5.74) is 5.94. The molecule has 1 aliphatic carbocycles. The first-order chi connectivity index (χ1) is 9.35. The van der Waals surface area contributed by atoms with Crippen LogP contribution in [0.15, 0.2) is 29.7 Å². The van der Waals surface area contributed by atoms with Gasteiger partial charge in [-0.05, 0) is 49.5 Å². The molecule has 1 unspecified atom stereocenters. The number of nitrogens with one attached hydrogen (secondary N) is 1. The van der Waals surface area contributed by atoms with Gasteiger partial charge in [0.25, 0.3) is 0 Å². The van der Waals surface area contributed by atoms with E-state index in [1.165, 1.54) is 5.41 Å². The molecule has 0 amide bonds. The molecule has 0 saturated heterocycles. The van der Waals surface area contributed by atoms with Gasteiger partial charge in [-0.2, -0.15) is 0 Å². The van der Waals surface area contributed by atoms with Crippen molar-refractivity contribution < 1.29 is 8.42 Å². The van der Waals surface area contributed by atoms with Crippen LogP contribution in [0.25, 0.3) is 6.08 Å². The van der Waals surface area contributed by atoms with Gasteiger partial charge in [0.05, 0.1) is 0 Å². The van der Waals surface area contributed by atoms with E-state index in [1.54, 1.807) is 30.3 Å². The molecule has 3 N–H and O–H groups in total. The predicted molar refractivity (Wildman–Crippen MR) is 82.7 cm³/mol. The van der Waals surface area contributed by atoms with Crippen molar-refractivity contribution in [3.8, 4) is 0 Å². The molecule has 0 radical (unpaired) electrons. The van der Waals surface area contributed by atoms with Crippen molar-refractivity contribution >= 4 is 27.7 Å². The van der Waals surface area contributed by atoms with Gasteiger partial charge in [-0.3, -0.25) is 0 Å². The van der Waals surface area contributed by atoms with E-state index < -0.39 is 15.6 Å². The van der Waals surface area contributed by atoms with E-state index in [0.717, 1.165) is 18.4 Å². The summed E-state index contributed by atoms with van der Waals surface area (Å²) in [6, 6.07) is 6.96. The Bertz CT molecular complexity index is 594. The third-order valence-corrected chi connectivity index (χ3v) is 5.08. The number of hydrogen-bond acceptors (Lipinski definition) is 3. The van der Waals surface area contributed by atoms with Crippen LogP contribution in [0.1, 0.15) is 25.3 Å². The van der Waals surface area contributed by atoms with E-state index in [-0.39, 0.29) is 0 Å². The molecule has 110 valence electrons. The van der Waals surface area contributed by atoms with E-state index >= 15 is 0 Å². The van der Waals surface area contributed by atoms with Crippen LogP contribution in [-0.4, -0.2) is 20.5 Å². The highest BCUT2D eigenvalue weighted by atomic mass is 35.5. The Morgan fingerprint density at radius 3 is 2.50 bits per heavy atom. The van der Waals surface area contributed by atoms with Gasteiger partial charge in [-0.1, -0.05) is 23.7 Å². The van der Waals surface area contributed by atoms with Gasteiger partial charge in [-0.25, -0.2) is 13.1 Å². The summed E-state index contributed by atoms with van der Waals surface area (Å²) in [5, 5.41) is 1.79. The third-order valence-electron chi connectivity index (χ3n) is 3.59. The molecule has 1 aromatic rings. The Labute approximate surface area is 125 Å². The molecule has 0 aromatic heterocycles. The first-order valence-electron chi connectivity index (χ1n) is 6.52. The lowest BCUT2D eigenvalue weighted by molar-refractivity contribution is 0.376. The number of rotatable bonds is 6. The van der Waals surface area contributed by atoms with E-state index in [2.05, 4.69) is 4.72 Å². The SMILES string of the molecule is CC(CN)(NS(=O)(=O)/C=C/c1ccc(Cl)cc1)C1CC1. The Balaban J connectivity index is 2.08. The lowest BCUT2D eigenvalue weighted by atomic mass is 9.98. The Kier molecular flexibility index (Phi) is 4.54. The average Bonchev–Trinajstić information content (AvgIpc) is 3.22. The van der Waals surface area contributed by atoms with Crippen molar-refractivity contribution in [1.29, 1.82) is 0 Å². The van der Waals surface area contributed by atoms with Gasteiger partial charge in [0.15, 0.2) is 0 Å². The summed E-state index contributed by atoms with van der Waals surface area (Å²) in [4.78, 5) is 0. The van der Waals surface area contributed by atoms with Gasteiger partial charge >= 0.3 is 0 Å². The topological polar surface area (TPSA) is 72.2 Å². The van der Waals surface area contributed by atoms with Gasteiger partial charge in [0.1, 0.15) is 0 Å². The van der Waals surface area contributed by atoms with Crippen LogP contribution < -0.4 is 10.5 Å². The number of sulfonamides is 1. The predicted octanol–water partition coefficient (Wildman–Crippen LogP) is 2.36. The minimum absolute atomic E-state index is 0.297. The van der Waals surface area contributed by atoms with Gasteiger partial charge in [-0.15, -0.1) is 0 Å². The standard InChI is InChI=1S/C14H19ClN2O2S/c1-14(10-16,12-4-5-12)17-20(18,19)9-8-11-2-6-13(15)7-3-11/h2-3,6-9,12,17H,4-5,10,16H2,1H3/b9-8+. The molecule has 0 bridgehead atoms. The molecule has 0 aliphatic heterocycles. The van der Waals surface area contributed by atoms with Crippen molar-refractivity contribution in [3.05, 3.63) is 40.3 Å². The highest BCUT2D eigenvalue weighted by molar-refractivity contribution is 7.92. The minimum atomic E-state index is -3.51. The summed E-state index contributed by atoms with van der Waals surface area (Å²) < 4.78 is 26.9. The maximum absolute atomic E-state index is 12.1. The number of halogens is 1. The van der Waals surface area contributed by atoms with E-state index in [9.17, 15) is 8.42 Å². The van der Waals surface area contributed by atoms with Crippen LogP contribution in [0.2, 0.25) is 5.02 Å². The van der Waals surface area contributed by atoms with Crippen molar-refractivity contribution in [1.82, 2.24) is 4.72 Å². The van der Waals surface area contributed by atoms with Crippen LogP contribution in [0.3, 0.4) is 0 Å². The van der Waals surface area contributed by atoms with E-state index in [0.29, 0.717) is 17.5 Å². The summed E-state index contributed by atoms with van der Waals surface area (Å²) in [7, 11) is -3.51. The fourth-order valence-electron chi connectivity index (χ4n) is 2.11. The van der Waals surface area contributed by atoms with Crippen molar-refractivity contribution in [3.63, 3.8) is 0 Å². The van der Waals surface area contributed by atoms with Crippen LogP contribution in [0.5, 0.6) is 0 Å². The molecule has 6 heteroatoms. The monoisotopic (exact) mass is 314 g/mol. The Morgan fingerprint density at radius 1 is 1.40 bits per heavy atom. The zero-order valence-electron chi connectivity index (χ0n) is 11.3. The maximum Gasteiger partial charge on any atom is 0.234 e. The zero-order valence-corrected chi connectivity index (χ0v) is 12.9. The fraction of sp³-hybridized carbons (Fsp3) is 0.429. The average molecular weight is 315 g/mol. The van der Waals surface area contributed by atoms with Crippen molar-refractivity contribution in [2.45, 2.75) is 25.3 Å². The lowest BCUT2D eigenvalue weighted by Crippen LogP contribution is -2.52. The second-order valence-electron chi connectivity index (χ2n) is 5.40. The van der Waals surface area contributed by atoms with Crippen molar-refractivity contribution in [2.75, 3.05) is 6.54 Å². The molecule has 0 spiro atoms. The van der Waals surface area contributed by atoms with E-state index in [4.69, 9.17) is 17.3 Å². The van der Waals surface area contributed by atoms with Crippen LogP contribution >= 0.6 is 11.6 Å². The van der Waals surface area contributed by atoms with Gasteiger partial charge in [0, 0.05) is 22.5 Å². The van der Waals surface area contributed by atoms with E-state index in [1.807, 2.05) is 6.92 Å². The zero-order chi connectivity index (χ0) is 14.8. The molecular formula is C14H19ClN2O2S. The first-order valence-corrected chi connectivity index (χ1v) is 8.45. The third kappa shape index (κ3) is 4.06. The molecule has 0 heterocycles. The normalized spacial score (nSPS) is 19.1. The van der Waals surface area contributed by atoms with Gasteiger partial charge in [0.2, 0.25) is 10.0 Å². The highest BCUT2D eigenvalue weighted by Gasteiger charge is 2.42. The summed E-state index contributed by atoms with van der Waals surface area (Å²) >= 11 is 5.78. The fourth-order valence-corrected chi connectivity index (χ4v) is 3.54. The Hall–Kier alpha value is -0.880. The maximum atomic E-state index is 12.1. The lowest BCUT2D eigenvalue weighted by Gasteiger charge is -2.28. The molecule has 4 nitrogen and oxygen atoms in total. The molecule has 20 heavy (non-hydrogen) atoms.